The highest BCUT2D eigenvalue weighted by Gasteiger charge is 2.24. The van der Waals surface area contributed by atoms with Crippen molar-refractivity contribution in [2.24, 2.45) is 5.92 Å². The van der Waals surface area contributed by atoms with Crippen LogP contribution in [-0.4, -0.2) is 25.5 Å². The van der Waals surface area contributed by atoms with Crippen LogP contribution >= 0.6 is 0 Å². The first-order valence-electron chi connectivity index (χ1n) is 7.89. The van der Waals surface area contributed by atoms with E-state index < -0.39 is 0 Å². The lowest BCUT2D eigenvalue weighted by Gasteiger charge is -2.33. The molecule has 1 aromatic rings. The van der Waals surface area contributed by atoms with Crippen molar-refractivity contribution in [2.45, 2.75) is 39.0 Å². The predicted molar refractivity (Wildman–Crippen MR) is 83.9 cm³/mol. The minimum Gasteiger partial charge on any atom is -0.371 e. The number of anilines is 1. The summed E-state index contributed by atoms with van der Waals surface area (Å²) in [6, 6.07) is 10.5. The van der Waals surface area contributed by atoms with Gasteiger partial charge in [0.25, 0.3) is 0 Å². The quantitative estimate of drug-likeness (QED) is 0.808. The molecule has 0 unspecified atom stereocenters. The van der Waals surface area contributed by atoms with Gasteiger partial charge in [-0.25, -0.2) is 0 Å². The lowest BCUT2D eigenvalue weighted by Crippen LogP contribution is -2.40. The number of unbranched alkanes of at least 4 members (excludes halogenated alkanes) is 2. The molecule has 3 nitrogen and oxygen atoms in total. The number of hydrogen-bond acceptors (Lipinski definition) is 2. The van der Waals surface area contributed by atoms with Gasteiger partial charge in [0, 0.05) is 31.2 Å². The Balaban J connectivity index is 1.72. The Morgan fingerprint density at radius 1 is 1.20 bits per heavy atom. The van der Waals surface area contributed by atoms with Crippen molar-refractivity contribution in [3.05, 3.63) is 30.3 Å². The molecule has 1 amide bonds. The number of nitrogens with zero attached hydrogens (tertiary/aromatic N) is 1. The van der Waals surface area contributed by atoms with E-state index in [2.05, 4.69) is 41.4 Å². The second-order valence-electron chi connectivity index (χ2n) is 5.60. The number of carbonyl (C=O) groups is 1. The molecular weight excluding hydrogens is 248 g/mol. The molecule has 0 aliphatic carbocycles. The van der Waals surface area contributed by atoms with Crippen molar-refractivity contribution in [3.8, 4) is 0 Å². The molecule has 1 aromatic carbocycles. The van der Waals surface area contributed by atoms with Crippen LogP contribution in [0.3, 0.4) is 0 Å². The number of rotatable bonds is 6. The molecule has 0 aromatic heterocycles. The average molecular weight is 274 g/mol. The molecule has 1 fully saturated rings. The highest BCUT2D eigenvalue weighted by Crippen LogP contribution is 2.23. The van der Waals surface area contributed by atoms with Gasteiger partial charge in [0.05, 0.1) is 0 Å². The Morgan fingerprint density at radius 2 is 1.90 bits per heavy atom. The third kappa shape index (κ3) is 4.26. The van der Waals surface area contributed by atoms with Gasteiger partial charge in [-0.1, -0.05) is 38.0 Å². The van der Waals surface area contributed by atoms with Gasteiger partial charge in [0.2, 0.25) is 5.91 Å². The van der Waals surface area contributed by atoms with Crippen LogP contribution in [0, 0.1) is 5.92 Å². The summed E-state index contributed by atoms with van der Waals surface area (Å²) in [5.74, 6) is 0.463. The number of piperidine rings is 1. The van der Waals surface area contributed by atoms with Crippen molar-refractivity contribution in [2.75, 3.05) is 24.5 Å². The molecule has 1 N–H and O–H groups in total. The molecule has 1 aliphatic rings. The third-order valence-corrected chi connectivity index (χ3v) is 4.07. The van der Waals surface area contributed by atoms with Gasteiger partial charge in [-0.05, 0) is 31.4 Å². The van der Waals surface area contributed by atoms with Crippen LogP contribution in [0.15, 0.2) is 30.3 Å². The molecule has 2 rings (SSSR count). The van der Waals surface area contributed by atoms with Gasteiger partial charge >= 0.3 is 0 Å². The van der Waals surface area contributed by atoms with Crippen LogP contribution in [0.4, 0.5) is 5.69 Å². The van der Waals surface area contributed by atoms with Crippen molar-refractivity contribution in [3.63, 3.8) is 0 Å². The van der Waals surface area contributed by atoms with E-state index in [9.17, 15) is 4.79 Å². The molecule has 1 saturated heterocycles. The standard InChI is InChI=1S/C17H26N2O/c1-2-3-7-12-18-17(20)15-10-13-19(14-11-15)16-8-5-4-6-9-16/h4-6,8-9,15H,2-3,7,10-14H2,1H3,(H,18,20). The van der Waals surface area contributed by atoms with Gasteiger partial charge in [-0.15, -0.1) is 0 Å². The number of para-hydroxylation sites is 1. The number of carbonyl (C=O) groups excluding carboxylic acids is 1. The second kappa shape index (κ2) is 7.93. The molecule has 0 atom stereocenters. The summed E-state index contributed by atoms with van der Waals surface area (Å²) < 4.78 is 0. The number of amides is 1. The van der Waals surface area contributed by atoms with Gasteiger partial charge in [-0.2, -0.15) is 0 Å². The van der Waals surface area contributed by atoms with Gasteiger partial charge in [0.1, 0.15) is 0 Å². The molecule has 0 saturated carbocycles. The molecular formula is C17H26N2O. The minimum absolute atomic E-state index is 0.205. The maximum absolute atomic E-state index is 12.1. The fraction of sp³-hybridized carbons (Fsp3) is 0.588. The first-order valence-corrected chi connectivity index (χ1v) is 7.89. The summed E-state index contributed by atoms with van der Waals surface area (Å²) in [4.78, 5) is 14.5. The molecule has 1 aliphatic heterocycles. The highest BCUT2D eigenvalue weighted by atomic mass is 16.1. The molecule has 20 heavy (non-hydrogen) atoms. The maximum Gasteiger partial charge on any atom is 0.223 e. The SMILES string of the molecule is CCCCCNC(=O)C1CCN(c2ccccc2)CC1. The lowest BCUT2D eigenvalue weighted by molar-refractivity contribution is -0.125. The Kier molecular flexibility index (Phi) is 5.90. The van der Waals surface area contributed by atoms with Crippen molar-refractivity contribution < 1.29 is 4.79 Å². The van der Waals surface area contributed by atoms with E-state index in [0.717, 1.165) is 38.9 Å². The fourth-order valence-electron chi connectivity index (χ4n) is 2.77. The Hall–Kier alpha value is -1.51. The summed E-state index contributed by atoms with van der Waals surface area (Å²) in [5.41, 5.74) is 1.27. The Bertz CT molecular complexity index is 397. The fourth-order valence-corrected chi connectivity index (χ4v) is 2.77. The minimum atomic E-state index is 0.205. The molecule has 0 bridgehead atoms. The number of benzene rings is 1. The normalized spacial score (nSPS) is 16.1. The van der Waals surface area contributed by atoms with Crippen LogP contribution < -0.4 is 10.2 Å². The number of hydrogen-bond donors (Lipinski definition) is 1. The van der Waals surface area contributed by atoms with E-state index in [1.54, 1.807) is 0 Å². The van der Waals surface area contributed by atoms with Gasteiger partial charge in [0.15, 0.2) is 0 Å². The summed E-state index contributed by atoms with van der Waals surface area (Å²) in [6.07, 6.45) is 5.44. The number of nitrogens with one attached hydrogen (secondary N) is 1. The Labute approximate surface area is 122 Å². The summed E-state index contributed by atoms with van der Waals surface area (Å²) in [5, 5.41) is 3.08. The topological polar surface area (TPSA) is 32.3 Å². The van der Waals surface area contributed by atoms with E-state index in [4.69, 9.17) is 0 Å². The predicted octanol–water partition coefficient (Wildman–Crippen LogP) is 3.21. The van der Waals surface area contributed by atoms with Crippen LogP contribution in [0.1, 0.15) is 39.0 Å². The molecule has 1 heterocycles. The monoisotopic (exact) mass is 274 g/mol. The largest absolute Gasteiger partial charge is 0.371 e. The average Bonchev–Trinajstić information content (AvgIpc) is 2.52. The van der Waals surface area contributed by atoms with Crippen LogP contribution in [-0.2, 0) is 4.79 Å². The molecule has 110 valence electrons. The highest BCUT2D eigenvalue weighted by molar-refractivity contribution is 5.78. The molecule has 0 radical (unpaired) electrons. The Morgan fingerprint density at radius 3 is 2.55 bits per heavy atom. The second-order valence-corrected chi connectivity index (χ2v) is 5.60. The zero-order valence-electron chi connectivity index (χ0n) is 12.5. The van der Waals surface area contributed by atoms with E-state index in [-0.39, 0.29) is 11.8 Å². The van der Waals surface area contributed by atoms with E-state index in [1.165, 1.54) is 18.5 Å². The van der Waals surface area contributed by atoms with Crippen LogP contribution in [0.2, 0.25) is 0 Å². The summed E-state index contributed by atoms with van der Waals surface area (Å²) in [6.45, 7) is 4.99. The van der Waals surface area contributed by atoms with Crippen molar-refractivity contribution in [1.82, 2.24) is 5.32 Å². The molecule has 3 heteroatoms. The van der Waals surface area contributed by atoms with Gasteiger partial charge < -0.3 is 10.2 Å². The smallest absolute Gasteiger partial charge is 0.223 e. The summed E-state index contributed by atoms with van der Waals surface area (Å²) >= 11 is 0. The zero-order chi connectivity index (χ0) is 14.2. The first kappa shape index (κ1) is 14.9. The van der Waals surface area contributed by atoms with Crippen LogP contribution in [0.25, 0.3) is 0 Å². The van der Waals surface area contributed by atoms with Crippen molar-refractivity contribution >= 4 is 11.6 Å². The summed E-state index contributed by atoms with van der Waals surface area (Å²) in [7, 11) is 0. The molecule has 0 spiro atoms. The lowest BCUT2D eigenvalue weighted by atomic mass is 9.95. The maximum atomic E-state index is 12.1. The van der Waals surface area contributed by atoms with E-state index >= 15 is 0 Å². The van der Waals surface area contributed by atoms with Crippen molar-refractivity contribution in [1.29, 1.82) is 0 Å². The van der Waals surface area contributed by atoms with Crippen LogP contribution in [0.5, 0.6) is 0 Å². The van der Waals surface area contributed by atoms with E-state index in [0.29, 0.717) is 0 Å². The third-order valence-electron chi connectivity index (χ3n) is 4.07. The first-order chi connectivity index (χ1) is 9.81. The van der Waals surface area contributed by atoms with E-state index in [1.807, 2.05) is 6.07 Å². The zero-order valence-corrected chi connectivity index (χ0v) is 12.5. The van der Waals surface area contributed by atoms with Gasteiger partial charge in [-0.3, -0.25) is 4.79 Å².